The normalized spacial score (nSPS) is 16.1. The molecule has 0 aromatic heterocycles. The van der Waals surface area contributed by atoms with E-state index in [4.69, 9.17) is 4.74 Å². The minimum Gasteiger partial charge on any atom is -0.463 e. The maximum absolute atomic E-state index is 11.3. The van der Waals surface area contributed by atoms with Crippen LogP contribution in [0.1, 0.15) is 26.7 Å². The van der Waals surface area contributed by atoms with Crippen molar-refractivity contribution in [3.8, 4) is 0 Å². The van der Waals surface area contributed by atoms with Gasteiger partial charge in [-0.3, -0.25) is 4.79 Å². The van der Waals surface area contributed by atoms with Crippen molar-refractivity contribution in [2.45, 2.75) is 26.7 Å². The van der Waals surface area contributed by atoms with Crippen molar-refractivity contribution in [3.63, 3.8) is 0 Å². The van der Waals surface area contributed by atoms with Crippen molar-refractivity contribution >= 4 is 11.9 Å². The van der Waals surface area contributed by atoms with Crippen molar-refractivity contribution in [1.29, 1.82) is 0 Å². The van der Waals surface area contributed by atoms with Gasteiger partial charge in [0.15, 0.2) is 0 Å². The summed E-state index contributed by atoms with van der Waals surface area (Å²) in [6.45, 7) is 4.32. The smallest absolute Gasteiger partial charge is 0.335 e. The van der Waals surface area contributed by atoms with Gasteiger partial charge in [-0.2, -0.15) is 0 Å². The van der Waals surface area contributed by atoms with Crippen LogP contribution in [0.5, 0.6) is 0 Å². The molecule has 0 aromatic carbocycles. The molecule has 1 aliphatic rings. The number of carbonyl (C=O) groups is 2. The van der Waals surface area contributed by atoms with Crippen molar-refractivity contribution in [2.75, 3.05) is 13.2 Å². The highest BCUT2D eigenvalue weighted by molar-refractivity contribution is 5.89. The van der Waals surface area contributed by atoms with Gasteiger partial charge in [-0.15, -0.1) is 0 Å². The lowest BCUT2D eigenvalue weighted by atomic mass is 10.1. The Morgan fingerprint density at radius 2 is 2.29 bits per heavy atom. The van der Waals surface area contributed by atoms with Crippen LogP contribution in [0, 0.1) is 0 Å². The van der Waals surface area contributed by atoms with Crippen molar-refractivity contribution in [3.05, 3.63) is 11.8 Å². The molecule has 0 aliphatic carbocycles. The lowest BCUT2D eigenvalue weighted by Gasteiger charge is -2.22. The van der Waals surface area contributed by atoms with Crippen LogP contribution in [0.3, 0.4) is 0 Å². The number of ether oxygens (including phenoxy) is 1. The largest absolute Gasteiger partial charge is 0.463 e. The Morgan fingerprint density at radius 1 is 1.57 bits per heavy atom. The molecule has 0 N–H and O–H groups in total. The molecule has 0 fully saturated rings. The molecule has 78 valence electrons. The standard InChI is InChI=1S/C10H15NO3/c1-3-14-10(13)9-5-4-6-11(7-9)8(2)12/h7H,3-6H2,1-2H3. The average Bonchev–Trinajstić information content (AvgIpc) is 2.18. The second-order valence-corrected chi connectivity index (χ2v) is 3.19. The van der Waals surface area contributed by atoms with Crippen LogP contribution in [0.15, 0.2) is 11.8 Å². The van der Waals surface area contributed by atoms with Crippen molar-refractivity contribution in [2.24, 2.45) is 0 Å². The third kappa shape index (κ3) is 2.58. The van der Waals surface area contributed by atoms with E-state index in [1.807, 2.05) is 0 Å². The van der Waals surface area contributed by atoms with E-state index >= 15 is 0 Å². The highest BCUT2D eigenvalue weighted by Crippen LogP contribution is 2.15. The molecule has 1 aliphatic heterocycles. The topological polar surface area (TPSA) is 46.6 Å². The van der Waals surface area contributed by atoms with E-state index in [9.17, 15) is 9.59 Å². The Hall–Kier alpha value is -1.32. The van der Waals surface area contributed by atoms with Crippen LogP contribution < -0.4 is 0 Å². The Balaban J connectivity index is 2.68. The summed E-state index contributed by atoms with van der Waals surface area (Å²) in [5, 5.41) is 0. The minimum absolute atomic E-state index is 0.0356. The van der Waals surface area contributed by atoms with Crippen LogP contribution in [-0.4, -0.2) is 29.9 Å². The molecule has 1 amide bonds. The fraction of sp³-hybridized carbons (Fsp3) is 0.600. The van der Waals surface area contributed by atoms with Crippen LogP contribution in [0.25, 0.3) is 0 Å². The molecule has 0 saturated heterocycles. The highest BCUT2D eigenvalue weighted by atomic mass is 16.5. The summed E-state index contributed by atoms with van der Waals surface area (Å²) in [6, 6.07) is 0. The van der Waals surface area contributed by atoms with Crippen LogP contribution >= 0.6 is 0 Å². The van der Waals surface area contributed by atoms with Gasteiger partial charge in [0.1, 0.15) is 0 Å². The molecule has 0 bridgehead atoms. The van der Waals surface area contributed by atoms with Gasteiger partial charge in [-0.05, 0) is 19.8 Å². The van der Waals surface area contributed by atoms with Crippen molar-refractivity contribution < 1.29 is 14.3 Å². The van der Waals surface area contributed by atoms with E-state index in [1.54, 1.807) is 18.0 Å². The van der Waals surface area contributed by atoms with E-state index in [1.165, 1.54) is 6.92 Å². The summed E-state index contributed by atoms with van der Waals surface area (Å²) in [7, 11) is 0. The van der Waals surface area contributed by atoms with Gasteiger partial charge in [0.05, 0.1) is 12.2 Å². The van der Waals surface area contributed by atoms with E-state index in [-0.39, 0.29) is 11.9 Å². The number of esters is 1. The second kappa shape index (κ2) is 4.79. The fourth-order valence-electron chi connectivity index (χ4n) is 1.38. The van der Waals surface area contributed by atoms with E-state index < -0.39 is 0 Å². The summed E-state index contributed by atoms with van der Waals surface area (Å²) in [5.74, 6) is -0.343. The molecule has 1 rings (SSSR count). The average molecular weight is 197 g/mol. The van der Waals surface area contributed by atoms with Crippen LogP contribution in [-0.2, 0) is 14.3 Å². The molecular formula is C10H15NO3. The van der Waals surface area contributed by atoms with E-state index in [2.05, 4.69) is 0 Å². The summed E-state index contributed by atoms with van der Waals surface area (Å²) in [6.07, 6.45) is 3.12. The summed E-state index contributed by atoms with van der Waals surface area (Å²) >= 11 is 0. The van der Waals surface area contributed by atoms with Gasteiger partial charge < -0.3 is 9.64 Å². The zero-order valence-corrected chi connectivity index (χ0v) is 8.58. The molecule has 14 heavy (non-hydrogen) atoms. The second-order valence-electron chi connectivity index (χ2n) is 3.19. The van der Waals surface area contributed by atoms with Gasteiger partial charge in [0, 0.05) is 19.7 Å². The highest BCUT2D eigenvalue weighted by Gasteiger charge is 2.18. The van der Waals surface area contributed by atoms with Crippen LogP contribution in [0.4, 0.5) is 0 Å². The minimum atomic E-state index is -0.307. The predicted octanol–water partition coefficient (Wildman–Crippen LogP) is 1.08. The van der Waals surface area contributed by atoms with Gasteiger partial charge in [0.25, 0.3) is 0 Å². The number of hydrogen-bond donors (Lipinski definition) is 0. The molecule has 0 unspecified atom stereocenters. The van der Waals surface area contributed by atoms with Gasteiger partial charge in [-0.25, -0.2) is 4.79 Å². The number of hydrogen-bond acceptors (Lipinski definition) is 3. The first-order valence-corrected chi connectivity index (χ1v) is 4.80. The number of amides is 1. The molecule has 0 spiro atoms. The first-order valence-electron chi connectivity index (χ1n) is 4.80. The maximum Gasteiger partial charge on any atom is 0.335 e. The third-order valence-corrected chi connectivity index (χ3v) is 2.10. The Kier molecular flexibility index (Phi) is 3.68. The van der Waals surface area contributed by atoms with Gasteiger partial charge in [0.2, 0.25) is 5.91 Å². The number of carbonyl (C=O) groups excluding carboxylic acids is 2. The first kappa shape index (κ1) is 10.8. The van der Waals surface area contributed by atoms with Gasteiger partial charge in [-0.1, -0.05) is 0 Å². The Bertz CT molecular complexity index is 271. The predicted molar refractivity (Wildman–Crippen MR) is 51.3 cm³/mol. The molecule has 1 heterocycles. The van der Waals surface area contributed by atoms with E-state index in [0.717, 1.165) is 6.42 Å². The van der Waals surface area contributed by atoms with Gasteiger partial charge >= 0.3 is 5.97 Å². The quantitative estimate of drug-likeness (QED) is 0.622. The Morgan fingerprint density at radius 3 is 2.86 bits per heavy atom. The fourth-order valence-corrected chi connectivity index (χ4v) is 1.38. The Labute approximate surface area is 83.5 Å². The molecule has 4 nitrogen and oxygen atoms in total. The monoisotopic (exact) mass is 197 g/mol. The van der Waals surface area contributed by atoms with Crippen LogP contribution in [0.2, 0.25) is 0 Å². The van der Waals surface area contributed by atoms with E-state index in [0.29, 0.717) is 25.1 Å². The lowest BCUT2D eigenvalue weighted by molar-refractivity contribution is -0.139. The number of nitrogens with zero attached hydrogens (tertiary/aromatic N) is 1. The van der Waals surface area contributed by atoms with Crippen molar-refractivity contribution in [1.82, 2.24) is 4.90 Å². The number of rotatable bonds is 2. The molecule has 4 heteroatoms. The SMILES string of the molecule is CCOC(=O)C1=CN(C(C)=O)CCC1. The zero-order valence-electron chi connectivity index (χ0n) is 8.58. The summed E-state index contributed by atoms with van der Waals surface area (Å²) in [4.78, 5) is 23.9. The lowest BCUT2D eigenvalue weighted by Crippen LogP contribution is -2.29. The molecule has 0 radical (unpaired) electrons. The third-order valence-electron chi connectivity index (χ3n) is 2.10. The maximum atomic E-state index is 11.3. The molecule has 0 atom stereocenters. The molecule has 0 aromatic rings. The summed E-state index contributed by atoms with van der Waals surface area (Å²) < 4.78 is 4.86. The zero-order chi connectivity index (χ0) is 10.6. The molecule has 0 saturated carbocycles. The molecular weight excluding hydrogens is 182 g/mol. The summed E-state index contributed by atoms with van der Waals surface area (Å²) in [5.41, 5.74) is 0.591. The first-order chi connectivity index (χ1) is 6.65.